The molecule has 0 bridgehead atoms. The molecule has 0 fully saturated rings. The summed E-state index contributed by atoms with van der Waals surface area (Å²) in [6, 6.07) is 3.58. The Labute approximate surface area is 118 Å². The molecular formula is C13H16N2O4S. The van der Waals surface area contributed by atoms with Gasteiger partial charge >= 0.3 is 5.97 Å². The van der Waals surface area contributed by atoms with Crippen molar-refractivity contribution >= 4 is 21.7 Å². The number of primary sulfonamides is 1. The molecular weight excluding hydrogens is 280 g/mol. The maximum absolute atomic E-state index is 11.2. The topological polar surface area (TPSA) is 109 Å². The van der Waals surface area contributed by atoms with Crippen LogP contribution in [0.25, 0.3) is 0 Å². The number of sulfonamides is 1. The van der Waals surface area contributed by atoms with E-state index in [9.17, 15) is 13.2 Å². The van der Waals surface area contributed by atoms with E-state index in [1.54, 1.807) is 0 Å². The second kappa shape index (κ2) is 6.41. The molecule has 1 unspecified atom stereocenters. The lowest BCUT2D eigenvalue weighted by Gasteiger charge is -2.17. The monoisotopic (exact) mass is 296 g/mol. The van der Waals surface area contributed by atoms with Crippen LogP contribution in [0.1, 0.15) is 30.1 Å². The number of nitrogens with two attached hydrogens (primary N) is 1. The maximum Gasteiger partial charge on any atom is 0.337 e. The number of benzene rings is 1. The van der Waals surface area contributed by atoms with E-state index in [2.05, 4.69) is 11.2 Å². The standard InChI is InChI=1S/C13H16N2O4S/c1-3-5-9(4-2)15-12-7-6-10(20(14,18)19)8-11(12)13(16)17/h1,6-9,15H,4-5H2,2H3,(H,16,17)(H2,14,18,19). The van der Waals surface area contributed by atoms with Gasteiger partial charge in [0.2, 0.25) is 10.0 Å². The molecule has 0 saturated carbocycles. The Kier molecular flexibility index (Phi) is 5.13. The Morgan fingerprint density at radius 2 is 2.20 bits per heavy atom. The molecule has 0 aromatic heterocycles. The highest BCUT2D eigenvalue weighted by atomic mass is 32.2. The zero-order chi connectivity index (χ0) is 15.3. The first kappa shape index (κ1) is 16.0. The van der Waals surface area contributed by atoms with Crippen LogP contribution < -0.4 is 10.5 Å². The fourth-order valence-electron chi connectivity index (χ4n) is 1.66. The molecule has 0 spiro atoms. The van der Waals surface area contributed by atoms with Crippen LogP contribution in [0.4, 0.5) is 5.69 Å². The van der Waals surface area contributed by atoms with Crippen molar-refractivity contribution in [1.29, 1.82) is 0 Å². The van der Waals surface area contributed by atoms with E-state index in [1.165, 1.54) is 12.1 Å². The average Bonchev–Trinajstić information content (AvgIpc) is 2.36. The molecule has 1 atom stereocenters. The molecule has 1 rings (SSSR count). The first-order chi connectivity index (χ1) is 9.29. The Morgan fingerprint density at radius 3 is 2.65 bits per heavy atom. The minimum absolute atomic E-state index is 0.0848. The fraction of sp³-hybridized carbons (Fsp3) is 0.308. The first-order valence-electron chi connectivity index (χ1n) is 5.89. The van der Waals surface area contributed by atoms with Crippen molar-refractivity contribution in [3.05, 3.63) is 23.8 Å². The molecule has 0 saturated heterocycles. The normalized spacial score (nSPS) is 12.4. The van der Waals surface area contributed by atoms with Crippen LogP contribution in [-0.4, -0.2) is 25.5 Å². The summed E-state index contributed by atoms with van der Waals surface area (Å²) in [6.07, 6.45) is 6.38. The van der Waals surface area contributed by atoms with Gasteiger partial charge in [0, 0.05) is 18.2 Å². The molecule has 0 aliphatic rings. The quantitative estimate of drug-likeness (QED) is 0.684. The lowest BCUT2D eigenvalue weighted by molar-refractivity contribution is 0.0697. The molecule has 1 aromatic rings. The second-order valence-corrected chi connectivity index (χ2v) is 5.78. The number of carboxylic acid groups (broad SMARTS) is 1. The Bertz CT molecular complexity index is 647. The summed E-state index contributed by atoms with van der Waals surface area (Å²) in [7, 11) is -3.94. The molecule has 0 aliphatic heterocycles. The van der Waals surface area contributed by atoms with E-state index in [1.807, 2.05) is 6.92 Å². The third-order valence-corrected chi connectivity index (χ3v) is 3.68. The van der Waals surface area contributed by atoms with Gasteiger partial charge in [-0.25, -0.2) is 18.4 Å². The molecule has 0 amide bonds. The van der Waals surface area contributed by atoms with Crippen molar-refractivity contribution in [2.24, 2.45) is 5.14 Å². The summed E-state index contributed by atoms with van der Waals surface area (Å²) in [4.78, 5) is 11.0. The molecule has 108 valence electrons. The van der Waals surface area contributed by atoms with Gasteiger partial charge in [-0.1, -0.05) is 6.92 Å². The first-order valence-corrected chi connectivity index (χ1v) is 7.44. The number of nitrogens with one attached hydrogen (secondary N) is 1. The van der Waals surface area contributed by atoms with Gasteiger partial charge in [0.05, 0.1) is 10.5 Å². The van der Waals surface area contributed by atoms with Crippen molar-refractivity contribution in [1.82, 2.24) is 0 Å². The molecule has 6 nitrogen and oxygen atoms in total. The summed E-state index contributed by atoms with van der Waals surface area (Å²) in [6.45, 7) is 1.91. The molecule has 0 heterocycles. The van der Waals surface area contributed by atoms with Crippen LogP contribution >= 0.6 is 0 Å². The molecule has 7 heteroatoms. The Hall–Kier alpha value is -2.04. The van der Waals surface area contributed by atoms with Crippen molar-refractivity contribution in [3.63, 3.8) is 0 Å². The van der Waals surface area contributed by atoms with Crippen LogP contribution in [0.15, 0.2) is 23.1 Å². The van der Waals surface area contributed by atoms with Crippen molar-refractivity contribution < 1.29 is 18.3 Å². The van der Waals surface area contributed by atoms with E-state index >= 15 is 0 Å². The molecule has 0 radical (unpaired) electrons. The number of anilines is 1. The zero-order valence-electron chi connectivity index (χ0n) is 11.0. The average molecular weight is 296 g/mol. The number of rotatable bonds is 6. The lowest BCUT2D eigenvalue weighted by atomic mass is 10.1. The molecule has 4 N–H and O–H groups in total. The van der Waals surface area contributed by atoms with Crippen LogP contribution in [-0.2, 0) is 10.0 Å². The third-order valence-electron chi connectivity index (χ3n) is 2.77. The van der Waals surface area contributed by atoms with Gasteiger partial charge in [0.1, 0.15) is 0 Å². The lowest BCUT2D eigenvalue weighted by Crippen LogP contribution is -2.20. The van der Waals surface area contributed by atoms with Crippen molar-refractivity contribution in [3.8, 4) is 12.3 Å². The van der Waals surface area contributed by atoms with Gasteiger partial charge in [-0.2, -0.15) is 0 Å². The summed E-state index contributed by atoms with van der Waals surface area (Å²) >= 11 is 0. The third kappa shape index (κ3) is 3.98. The van der Waals surface area contributed by atoms with Crippen LogP contribution in [0.3, 0.4) is 0 Å². The highest BCUT2D eigenvalue weighted by Crippen LogP contribution is 2.22. The highest BCUT2D eigenvalue weighted by Gasteiger charge is 2.17. The van der Waals surface area contributed by atoms with Crippen LogP contribution in [0.2, 0.25) is 0 Å². The summed E-state index contributed by atoms with van der Waals surface area (Å²) in [5.41, 5.74) is 0.152. The van der Waals surface area contributed by atoms with Gasteiger partial charge in [-0.15, -0.1) is 12.3 Å². The minimum atomic E-state index is -3.94. The molecule has 1 aromatic carbocycles. The second-order valence-electron chi connectivity index (χ2n) is 4.22. The van der Waals surface area contributed by atoms with Gasteiger partial charge in [0.15, 0.2) is 0 Å². The van der Waals surface area contributed by atoms with Gasteiger partial charge in [0.25, 0.3) is 0 Å². The number of terminal acetylenes is 1. The number of carbonyl (C=O) groups is 1. The highest BCUT2D eigenvalue weighted by molar-refractivity contribution is 7.89. The fourth-order valence-corrected chi connectivity index (χ4v) is 2.20. The van der Waals surface area contributed by atoms with Gasteiger partial charge in [-0.3, -0.25) is 0 Å². The Balaban J connectivity index is 3.21. The molecule has 0 aliphatic carbocycles. The molecule has 20 heavy (non-hydrogen) atoms. The minimum Gasteiger partial charge on any atom is -0.478 e. The van der Waals surface area contributed by atoms with Crippen molar-refractivity contribution in [2.45, 2.75) is 30.7 Å². The van der Waals surface area contributed by atoms with E-state index in [-0.39, 0.29) is 16.5 Å². The largest absolute Gasteiger partial charge is 0.478 e. The maximum atomic E-state index is 11.2. The number of aromatic carboxylic acids is 1. The summed E-state index contributed by atoms with van der Waals surface area (Å²) in [5, 5.41) is 17.1. The smallest absolute Gasteiger partial charge is 0.337 e. The van der Waals surface area contributed by atoms with Crippen LogP contribution in [0.5, 0.6) is 0 Å². The summed E-state index contributed by atoms with van der Waals surface area (Å²) in [5.74, 6) is 1.26. The predicted molar refractivity (Wildman–Crippen MR) is 75.9 cm³/mol. The van der Waals surface area contributed by atoms with E-state index in [0.29, 0.717) is 18.5 Å². The van der Waals surface area contributed by atoms with E-state index in [4.69, 9.17) is 16.7 Å². The number of carboxylic acids is 1. The number of hydrogen-bond acceptors (Lipinski definition) is 4. The van der Waals surface area contributed by atoms with Gasteiger partial charge in [-0.05, 0) is 24.6 Å². The van der Waals surface area contributed by atoms with Crippen molar-refractivity contribution in [2.75, 3.05) is 5.32 Å². The summed E-state index contributed by atoms with van der Waals surface area (Å²) < 4.78 is 22.5. The zero-order valence-corrected chi connectivity index (χ0v) is 11.8. The number of hydrogen-bond donors (Lipinski definition) is 3. The van der Waals surface area contributed by atoms with Crippen LogP contribution in [0, 0.1) is 12.3 Å². The van der Waals surface area contributed by atoms with E-state index in [0.717, 1.165) is 6.07 Å². The Morgan fingerprint density at radius 1 is 1.55 bits per heavy atom. The van der Waals surface area contributed by atoms with Gasteiger partial charge < -0.3 is 10.4 Å². The SMILES string of the molecule is C#CCC(CC)Nc1ccc(S(N)(=O)=O)cc1C(=O)O. The predicted octanol–water partition coefficient (Wildman–Crippen LogP) is 1.25. The van der Waals surface area contributed by atoms with E-state index < -0.39 is 16.0 Å².